The maximum atomic E-state index is 13.6. The van der Waals surface area contributed by atoms with Gasteiger partial charge in [-0.2, -0.15) is 5.10 Å². The molecule has 7 heteroatoms. The number of amides is 1. The average Bonchev–Trinajstić information content (AvgIpc) is 2.58. The topological polar surface area (TPSA) is 64.0 Å². The highest BCUT2D eigenvalue weighted by molar-refractivity contribution is 5.93. The summed E-state index contributed by atoms with van der Waals surface area (Å²) >= 11 is 0. The largest absolute Gasteiger partial charge is 0.319 e. The second-order valence-electron chi connectivity index (χ2n) is 5.24. The minimum atomic E-state index is -1.04. The number of fused-ring (bicyclic) bond motifs is 1. The molecule has 3 rings (SSSR count). The number of carbonyl (C=O) groups is 1. The lowest BCUT2D eigenvalue weighted by molar-refractivity contribution is -0.119. The fourth-order valence-electron chi connectivity index (χ4n) is 2.34. The third-order valence-electron chi connectivity index (χ3n) is 3.68. The molecule has 0 radical (unpaired) electrons. The van der Waals surface area contributed by atoms with Crippen LogP contribution in [0, 0.1) is 11.6 Å². The van der Waals surface area contributed by atoms with Crippen LogP contribution in [0.1, 0.15) is 13.0 Å². The molecule has 1 amide bonds. The first kappa shape index (κ1) is 15.8. The van der Waals surface area contributed by atoms with Crippen LogP contribution in [0.3, 0.4) is 0 Å². The monoisotopic (exact) mass is 329 g/mol. The number of hydrogen-bond acceptors (Lipinski definition) is 3. The summed E-state index contributed by atoms with van der Waals surface area (Å²) in [4.78, 5) is 24.7. The molecular formula is C17H13F2N3O2. The van der Waals surface area contributed by atoms with Gasteiger partial charge in [0.05, 0.1) is 11.6 Å². The van der Waals surface area contributed by atoms with Gasteiger partial charge in [0.2, 0.25) is 5.91 Å². The molecule has 0 unspecified atom stereocenters. The molecule has 1 aromatic heterocycles. The minimum Gasteiger partial charge on any atom is -0.319 e. The quantitative estimate of drug-likeness (QED) is 0.803. The fourth-order valence-corrected chi connectivity index (χ4v) is 2.34. The summed E-state index contributed by atoms with van der Waals surface area (Å²) in [6.07, 6.45) is 1.46. The van der Waals surface area contributed by atoms with Crippen LogP contribution in [0.5, 0.6) is 0 Å². The van der Waals surface area contributed by atoms with Crippen LogP contribution in [-0.2, 0) is 4.79 Å². The number of benzene rings is 2. The van der Waals surface area contributed by atoms with Gasteiger partial charge in [0.25, 0.3) is 5.56 Å². The molecule has 0 spiro atoms. The molecule has 5 nitrogen and oxygen atoms in total. The molecule has 0 aliphatic rings. The number of hydrogen-bond donors (Lipinski definition) is 1. The molecule has 1 N–H and O–H groups in total. The van der Waals surface area contributed by atoms with Gasteiger partial charge in [-0.25, -0.2) is 13.5 Å². The van der Waals surface area contributed by atoms with Gasteiger partial charge >= 0.3 is 0 Å². The predicted molar refractivity (Wildman–Crippen MR) is 85.7 cm³/mol. The number of carbonyl (C=O) groups excluding carboxylic acids is 1. The number of aromatic nitrogens is 2. The van der Waals surface area contributed by atoms with E-state index in [1.165, 1.54) is 19.2 Å². The van der Waals surface area contributed by atoms with E-state index in [1.807, 2.05) is 0 Å². The van der Waals surface area contributed by atoms with Crippen molar-refractivity contribution in [3.8, 4) is 0 Å². The second kappa shape index (κ2) is 6.19. The summed E-state index contributed by atoms with van der Waals surface area (Å²) in [6.45, 7) is 1.43. The van der Waals surface area contributed by atoms with Gasteiger partial charge in [0, 0.05) is 5.39 Å². The summed E-state index contributed by atoms with van der Waals surface area (Å²) in [5.41, 5.74) is -1.01. The first-order valence-electron chi connectivity index (χ1n) is 7.20. The summed E-state index contributed by atoms with van der Waals surface area (Å²) in [7, 11) is 0. The van der Waals surface area contributed by atoms with Crippen molar-refractivity contribution in [2.45, 2.75) is 13.0 Å². The van der Waals surface area contributed by atoms with Gasteiger partial charge in [-0.15, -0.1) is 0 Å². The first-order valence-corrected chi connectivity index (χ1v) is 7.20. The Morgan fingerprint density at radius 1 is 1.12 bits per heavy atom. The van der Waals surface area contributed by atoms with Crippen LogP contribution in [0.15, 0.2) is 53.5 Å². The number of anilines is 1. The van der Waals surface area contributed by atoms with Crippen molar-refractivity contribution >= 4 is 22.4 Å². The molecule has 0 saturated heterocycles. The van der Waals surface area contributed by atoms with Crippen molar-refractivity contribution in [2.75, 3.05) is 5.32 Å². The lowest BCUT2D eigenvalue weighted by atomic mass is 10.2. The van der Waals surface area contributed by atoms with Crippen LogP contribution in [0.25, 0.3) is 10.8 Å². The molecule has 24 heavy (non-hydrogen) atoms. The van der Waals surface area contributed by atoms with Crippen molar-refractivity contribution in [3.63, 3.8) is 0 Å². The Bertz CT molecular complexity index is 965. The van der Waals surface area contributed by atoms with Crippen molar-refractivity contribution in [2.24, 2.45) is 0 Å². The fraction of sp³-hybridized carbons (Fsp3) is 0.118. The van der Waals surface area contributed by atoms with Gasteiger partial charge in [-0.1, -0.05) is 24.3 Å². The van der Waals surface area contributed by atoms with Crippen molar-refractivity contribution < 1.29 is 13.6 Å². The number of nitrogens with zero attached hydrogens (tertiary/aromatic N) is 2. The summed E-state index contributed by atoms with van der Waals surface area (Å²) in [5.74, 6) is -2.53. The van der Waals surface area contributed by atoms with Crippen molar-refractivity contribution in [1.29, 1.82) is 0 Å². The van der Waals surface area contributed by atoms with Crippen LogP contribution in [-0.4, -0.2) is 15.7 Å². The van der Waals surface area contributed by atoms with Crippen LogP contribution >= 0.6 is 0 Å². The zero-order valence-corrected chi connectivity index (χ0v) is 12.7. The Hall–Kier alpha value is -3.09. The van der Waals surface area contributed by atoms with E-state index in [2.05, 4.69) is 10.4 Å². The molecule has 122 valence electrons. The maximum Gasteiger partial charge on any atom is 0.275 e. The Labute approximate surface area is 135 Å². The van der Waals surface area contributed by atoms with E-state index in [4.69, 9.17) is 0 Å². The Morgan fingerprint density at radius 3 is 2.50 bits per heavy atom. The minimum absolute atomic E-state index is 0.407. The van der Waals surface area contributed by atoms with Crippen LogP contribution in [0.4, 0.5) is 14.5 Å². The van der Waals surface area contributed by atoms with Gasteiger partial charge in [0.1, 0.15) is 23.4 Å². The van der Waals surface area contributed by atoms with Gasteiger partial charge in [0.15, 0.2) is 0 Å². The SMILES string of the molecule is C[C@@H](C(=O)Nc1c(F)cccc1F)n1ncc2ccccc2c1=O. The molecule has 0 aliphatic carbocycles. The molecule has 1 heterocycles. The zero-order chi connectivity index (χ0) is 17.3. The highest BCUT2D eigenvalue weighted by Gasteiger charge is 2.21. The number of nitrogens with one attached hydrogen (secondary N) is 1. The summed E-state index contributed by atoms with van der Waals surface area (Å²) < 4.78 is 28.2. The van der Waals surface area contributed by atoms with E-state index in [0.29, 0.717) is 10.8 Å². The van der Waals surface area contributed by atoms with Crippen molar-refractivity contribution in [1.82, 2.24) is 9.78 Å². The average molecular weight is 329 g/mol. The molecule has 0 saturated carbocycles. The molecule has 2 aromatic carbocycles. The van der Waals surface area contributed by atoms with Gasteiger partial charge < -0.3 is 5.32 Å². The van der Waals surface area contributed by atoms with E-state index in [1.54, 1.807) is 24.3 Å². The lowest BCUT2D eigenvalue weighted by Gasteiger charge is -2.15. The summed E-state index contributed by atoms with van der Waals surface area (Å²) in [5, 5.41) is 7.18. The van der Waals surface area contributed by atoms with E-state index in [-0.39, 0.29) is 0 Å². The Balaban J connectivity index is 1.94. The lowest BCUT2D eigenvalue weighted by Crippen LogP contribution is -2.33. The zero-order valence-electron chi connectivity index (χ0n) is 12.7. The van der Waals surface area contributed by atoms with E-state index in [0.717, 1.165) is 16.8 Å². The van der Waals surface area contributed by atoms with Crippen molar-refractivity contribution in [3.05, 3.63) is 70.6 Å². The predicted octanol–water partition coefficient (Wildman–Crippen LogP) is 2.87. The normalized spacial score (nSPS) is 12.1. The third kappa shape index (κ3) is 2.76. The van der Waals surface area contributed by atoms with Crippen LogP contribution in [0.2, 0.25) is 0 Å². The number of halogens is 2. The highest BCUT2D eigenvalue weighted by atomic mass is 19.1. The molecule has 0 aliphatic heterocycles. The molecule has 3 aromatic rings. The molecule has 0 bridgehead atoms. The first-order chi connectivity index (χ1) is 11.5. The smallest absolute Gasteiger partial charge is 0.275 e. The maximum absolute atomic E-state index is 13.6. The Kier molecular flexibility index (Phi) is 4.07. The molecular weight excluding hydrogens is 316 g/mol. The van der Waals surface area contributed by atoms with Crippen LogP contribution < -0.4 is 10.9 Å². The number of para-hydroxylation sites is 1. The van der Waals surface area contributed by atoms with Gasteiger partial charge in [-0.05, 0) is 25.1 Å². The third-order valence-corrected chi connectivity index (χ3v) is 3.68. The Morgan fingerprint density at radius 2 is 1.79 bits per heavy atom. The standard InChI is InChI=1S/C17H13F2N3O2/c1-10(16(23)21-15-13(18)7-4-8-14(15)19)22-17(24)12-6-3-2-5-11(12)9-20-22/h2-10H,1H3,(H,21,23)/t10-/m0/s1. The second-order valence-corrected chi connectivity index (χ2v) is 5.24. The van der Waals surface area contributed by atoms with E-state index in [9.17, 15) is 18.4 Å². The molecule has 0 fully saturated rings. The summed E-state index contributed by atoms with van der Waals surface area (Å²) in [6, 6.07) is 9.04. The molecule has 1 atom stereocenters. The number of rotatable bonds is 3. The van der Waals surface area contributed by atoms with E-state index >= 15 is 0 Å². The highest BCUT2D eigenvalue weighted by Crippen LogP contribution is 2.19. The van der Waals surface area contributed by atoms with E-state index < -0.39 is 34.8 Å². The van der Waals surface area contributed by atoms with Gasteiger partial charge in [-0.3, -0.25) is 9.59 Å².